The zero-order chi connectivity index (χ0) is 21.9. The van der Waals surface area contributed by atoms with E-state index in [9.17, 15) is 17.6 Å². The average molecular weight is 435 g/mol. The van der Waals surface area contributed by atoms with E-state index in [-0.39, 0.29) is 29.7 Å². The third-order valence-electron chi connectivity index (χ3n) is 4.99. The second-order valence-electron chi connectivity index (χ2n) is 7.62. The topological polar surface area (TPSA) is 66.9 Å². The molecule has 1 aliphatic rings. The summed E-state index contributed by atoms with van der Waals surface area (Å²) in [6.07, 6.45) is 0.474. The van der Waals surface area contributed by atoms with Gasteiger partial charge in [-0.25, -0.2) is 12.8 Å². The minimum absolute atomic E-state index is 0.00479. The van der Waals surface area contributed by atoms with Gasteiger partial charge in [-0.15, -0.1) is 0 Å². The summed E-state index contributed by atoms with van der Waals surface area (Å²) in [4.78, 5) is 14.4. The average Bonchev–Trinajstić information content (AvgIpc) is 2.96. The molecule has 0 spiro atoms. The van der Waals surface area contributed by atoms with Crippen molar-refractivity contribution in [2.45, 2.75) is 38.2 Å². The van der Waals surface area contributed by atoms with E-state index in [0.717, 1.165) is 5.56 Å². The van der Waals surface area contributed by atoms with E-state index in [1.807, 2.05) is 20.8 Å². The van der Waals surface area contributed by atoms with Crippen molar-refractivity contribution in [3.05, 3.63) is 59.4 Å². The van der Waals surface area contributed by atoms with Crippen LogP contribution in [0.3, 0.4) is 0 Å². The van der Waals surface area contributed by atoms with Gasteiger partial charge in [-0.1, -0.05) is 12.1 Å². The summed E-state index contributed by atoms with van der Waals surface area (Å²) in [6.45, 7) is 6.68. The Bertz CT molecular complexity index is 1020. The first-order chi connectivity index (χ1) is 14.2. The fourth-order valence-corrected chi connectivity index (χ4v) is 5.02. The number of rotatable bonds is 5. The lowest BCUT2D eigenvalue weighted by Gasteiger charge is -2.22. The SMILES string of the molecule is Cc1cc(S(=O)(=O)N2CCCN(C(=O)c3ccccc3F)CC2)ccc1OC(C)C. The van der Waals surface area contributed by atoms with Crippen LogP contribution in [0, 0.1) is 12.7 Å². The van der Waals surface area contributed by atoms with Crippen LogP contribution in [0.2, 0.25) is 0 Å². The van der Waals surface area contributed by atoms with Crippen molar-refractivity contribution < 1.29 is 22.3 Å². The first kappa shape index (κ1) is 22.2. The Morgan fingerprint density at radius 1 is 1.07 bits per heavy atom. The first-order valence-corrected chi connectivity index (χ1v) is 11.5. The maximum atomic E-state index is 14.0. The summed E-state index contributed by atoms with van der Waals surface area (Å²) in [5.74, 6) is -0.338. The van der Waals surface area contributed by atoms with Gasteiger partial charge in [0.25, 0.3) is 5.91 Å². The molecule has 0 aliphatic carbocycles. The van der Waals surface area contributed by atoms with Gasteiger partial charge in [-0.2, -0.15) is 4.31 Å². The number of hydrogen-bond donors (Lipinski definition) is 0. The van der Waals surface area contributed by atoms with Gasteiger partial charge in [-0.05, 0) is 63.1 Å². The molecule has 8 heteroatoms. The monoisotopic (exact) mass is 434 g/mol. The largest absolute Gasteiger partial charge is 0.491 e. The lowest BCUT2D eigenvalue weighted by atomic mass is 10.2. The Balaban J connectivity index is 1.75. The Morgan fingerprint density at radius 2 is 1.80 bits per heavy atom. The van der Waals surface area contributed by atoms with Crippen molar-refractivity contribution >= 4 is 15.9 Å². The molecule has 1 saturated heterocycles. The molecular formula is C22H27FN2O4S. The summed E-state index contributed by atoms with van der Waals surface area (Å²) in [7, 11) is -3.71. The van der Waals surface area contributed by atoms with Crippen molar-refractivity contribution in [3.63, 3.8) is 0 Å². The molecule has 1 amide bonds. The van der Waals surface area contributed by atoms with Crippen LogP contribution in [-0.2, 0) is 10.0 Å². The second-order valence-corrected chi connectivity index (χ2v) is 9.56. The number of halogens is 1. The predicted molar refractivity (Wildman–Crippen MR) is 113 cm³/mol. The Hall–Kier alpha value is -2.45. The second kappa shape index (κ2) is 9.14. The van der Waals surface area contributed by atoms with Gasteiger partial charge in [0.15, 0.2) is 0 Å². The minimum Gasteiger partial charge on any atom is -0.491 e. The summed E-state index contributed by atoms with van der Waals surface area (Å²) in [6, 6.07) is 10.7. The molecule has 1 aliphatic heterocycles. The number of benzene rings is 2. The van der Waals surface area contributed by atoms with E-state index in [1.165, 1.54) is 27.4 Å². The first-order valence-electron chi connectivity index (χ1n) is 10.0. The van der Waals surface area contributed by atoms with Crippen molar-refractivity contribution in [2.75, 3.05) is 26.2 Å². The molecular weight excluding hydrogens is 407 g/mol. The third-order valence-corrected chi connectivity index (χ3v) is 6.89. The van der Waals surface area contributed by atoms with Gasteiger partial charge in [-0.3, -0.25) is 4.79 Å². The molecule has 0 atom stereocenters. The standard InChI is InChI=1S/C22H27FN2O4S/c1-16(2)29-21-10-9-18(15-17(21)3)30(27,28)25-12-6-11-24(13-14-25)22(26)19-7-4-5-8-20(19)23/h4-5,7-10,15-16H,6,11-14H2,1-3H3. The number of carbonyl (C=O) groups is 1. The maximum absolute atomic E-state index is 14.0. The van der Waals surface area contributed by atoms with Gasteiger partial charge in [0, 0.05) is 26.2 Å². The van der Waals surface area contributed by atoms with Crippen LogP contribution in [0.25, 0.3) is 0 Å². The number of amides is 1. The Morgan fingerprint density at radius 3 is 2.47 bits per heavy atom. The molecule has 0 unspecified atom stereocenters. The number of carbonyl (C=O) groups excluding carboxylic acids is 1. The number of ether oxygens (including phenoxy) is 1. The molecule has 0 radical (unpaired) electrons. The van der Waals surface area contributed by atoms with E-state index >= 15 is 0 Å². The molecule has 1 heterocycles. The highest BCUT2D eigenvalue weighted by molar-refractivity contribution is 7.89. The van der Waals surface area contributed by atoms with Crippen LogP contribution >= 0.6 is 0 Å². The van der Waals surface area contributed by atoms with Gasteiger partial charge >= 0.3 is 0 Å². The van der Waals surface area contributed by atoms with Crippen molar-refractivity contribution in [2.24, 2.45) is 0 Å². The zero-order valence-electron chi connectivity index (χ0n) is 17.5. The predicted octanol–water partition coefficient (Wildman–Crippen LogP) is 3.46. The molecule has 0 saturated carbocycles. The van der Waals surface area contributed by atoms with E-state index in [0.29, 0.717) is 25.3 Å². The molecule has 0 aromatic heterocycles. The lowest BCUT2D eigenvalue weighted by molar-refractivity contribution is 0.0759. The van der Waals surface area contributed by atoms with Gasteiger partial charge in [0.05, 0.1) is 16.6 Å². The van der Waals surface area contributed by atoms with Crippen LogP contribution in [0.4, 0.5) is 4.39 Å². The van der Waals surface area contributed by atoms with E-state index in [4.69, 9.17) is 4.74 Å². The number of sulfonamides is 1. The number of aryl methyl sites for hydroxylation is 1. The smallest absolute Gasteiger partial charge is 0.256 e. The van der Waals surface area contributed by atoms with Crippen molar-refractivity contribution in [3.8, 4) is 5.75 Å². The minimum atomic E-state index is -3.71. The molecule has 1 fully saturated rings. The normalized spacial score (nSPS) is 15.8. The highest BCUT2D eigenvalue weighted by Crippen LogP contribution is 2.25. The van der Waals surface area contributed by atoms with E-state index in [2.05, 4.69) is 0 Å². The van der Waals surface area contributed by atoms with Gasteiger partial charge in [0.2, 0.25) is 10.0 Å². The molecule has 6 nitrogen and oxygen atoms in total. The number of hydrogen-bond acceptors (Lipinski definition) is 4. The maximum Gasteiger partial charge on any atom is 0.256 e. The quantitative estimate of drug-likeness (QED) is 0.723. The Labute approximate surface area is 177 Å². The molecule has 0 N–H and O–H groups in total. The third kappa shape index (κ3) is 4.82. The molecule has 2 aromatic carbocycles. The summed E-state index contributed by atoms with van der Waals surface area (Å²) < 4.78 is 47.3. The highest BCUT2D eigenvalue weighted by Gasteiger charge is 2.29. The summed E-state index contributed by atoms with van der Waals surface area (Å²) in [5.41, 5.74) is 0.751. The van der Waals surface area contributed by atoms with Crippen LogP contribution in [0.15, 0.2) is 47.4 Å². The van der Waals surface area contributed by atoms with Crippen LogP contribution in [-0.4, -0.2) is 55.8 Å². The van der Waals surface area contributed by atoms with E-state index in [1.54, 1.807) is 24.3 Å². The molecule has 3 rings (SSSR count). The molecule has 162 valence electrons. The van der Waals surface area contributed by atoms with Crippen LogP contribution in [0.1, 0.15) is 36.2 Å². The Kier molecular flexibility index (Phi) is 6.77. The molecule has 2 aromatic rings. The fourth-order valence-electron chi connectivity index (χ4n) is 3.46. The van der Waals surface area contributed by atoms with E-state index < -0.39 is 21.7 Å². The summed E-state index contributed by atoms with van der Waals surface area (Å²) >= 11 is 0. The lowest BCUT2D eigenvalue weighted by Crippen LogP contribution is -2.37. The van der Waals surface area contributed by atoms with Crippen molar-refractivity contribution in [1.82, 2.24) is 9.21 Å². The van der Waals surface area contributed by atoms with Crippen LogP contribution < -0.4 is 4.74 Å². The van der Waals surface area contributed by atoms with Crippen LogP contribution in [0.5, 0.6) is 5.75 Å². The van der Waals surface area contributed by atoms with Gasteiger partial charge < -0.3 is 9.64 Å². The van der Waals surface area contributed by atoms with Crippen molar-refractivity contribution in [1.29, 1.82) is 0 Å². The molecule has 0 bridgehead atoms. The summed E-state index contributed by atoms with van der Waals surface area (Å²) in [5, 5.41) is 0. The number of nitrogens with zero attached hydrogens (tertiary/aromatic N) is 2. The fraction of sp³-hybridized carbons (Fsp3) is 0.409. The molecule has 30 heavy (non-hydrogen) atoms. The van der Waals surface area contributed by atoms with Gasteiger partial charge in [0.1, 0.15) is 11.6 Å². The zero-order valence-corrected chi connectivity index (χ0v) is 18.3. The highest BCUT2D eigenvalue weighted by atomic mass is 32.2.